The Morgan fingerprint density at radius 2 is 2.17 bits per heavy atom. The minimum Gasteiger partial charge on any atom is -0.464 e. The highest BCUT2D eigenvalue weighted by atomic mass is 35.5. The number of piperidine rings is 1. The fourth-order valence-electron chi connectivity index (χ4n) is 3.23. The Morgan fingerprint density at radius 1 is 1.39 bits per heavy atom. The van der Waals surface area contributed by atoms with Gasteiger partial charge in [0, 0.05) is 6.54 Å². The van der Waals surface area contributed by atoms with Gasteiger partial charge in [0.25, 0.3) is 0 Å². The van der Waals surface area contributed by atoms with Crippen LogP contribution in [0.3, 0.4) is 0 Å². The monoisotopic (exact) mass is 337 g/mol. The molecule has 1 saturated heterocycles. The van der Waals surface area contributed by atoms with Crippen molar-refractivity contribution in [2.45, 2.75) is 39.2 Å². The average molecular weight is 338 g/mol. The summed E-state index contributed by atoms with van der Waals surface area (Å²) in [6.07, 6.45) is 2.43. The van der Waals surface area contributed by atoms with E-state index in [9.17, 15) is 9.59 Å². The van der Waals surface area contributed by atoms with Gasteiger partial charge in [0.05, 0.1) is 6.61 Å². The molecular formula is C18H24ClNO3. The van der Waals surface area contributed by atoms with Crippen LogP contribution in [0, 0.1) is 12.8 Å². The van der Waals surface area contributed by atoms with Crippen LogP contribution in [0.25, 0.3) is 0 Å². The van der Waals surface area contributed by atoms with E-state index in [4.69, 9.17) is 16.3 Å². The molecule has 1 aliphatic heterocycles. The van der Waals surface area contributed by atoms with E-state index in [0.29, 0.717) is 25.5 Å². The fourth-order valence-corrected chi connectivity index (χ4v) is 3.39. The van der Waals surface area contributed by atoms with Crippen molar-refractivity contribution >= 4 is 23.5 Å². The third-order valence-electron chi connectivity index (χ3n) is 4.31. The van der Waals surface area contributed by atoms with Crippen molar-refractivity contribution in [1.29, 1.82) is 0 Å². The molecule has 0 spiro atoms. The van der Waals surface area contributed by atoms with Gasteiger partial charge in [0.2, 0.25) is 5.91 Å². The van der Waals surface area contributed by atoms with Crippen LogP contribution in [0.4, 0.5) is 0 Å². The maximum Gasteiger partial charge on any atom is 0.328 e. The van der Waals surface area contributed by atoms with Crippen LogP contribution in [0.1, 0.15) is 30.9 Å². The summed E-state index contributed by atoms with van der Waals surface area (Å²) in [5.74, 6) is -0.248. The van der Waals surface area contributed by atoms with Crippen LogP contribution in [-0.2, 0) is 20.7 Å². The predicted octanol–water partition coefficient (Wildman–Crippen LogP) is 2.95. The predicted molar refractivity (Wildman–Crippen MR) is 90.5 cm³/mol. The van der Waals surface area contributed by atoms with Gasteiger partial charge in [0.1, 0.15) is 11.9 Å². The summed E-state index contributed by atoms with van der Waals surface area (Å²) >= 11 is 5.67. The van der Waals surface area contributed by atoms with Crippen molar-refractivity contribution in [2.75, 3.05) is 19.0 Å². The average Bonchev–Trinajstić information content (AvgIpc) is 2.54. The number of ether oxygens (including phenoxy) is 1. The summed E-state index contributed by atoms with van der Waals surface area (Å²) in [4.78, 5) is 25.8. The summed E-state index contributed by atoms with van der Waals surface area (Å²) < 4.78 is 5.15. The molecule has 0 radical (unpaired) electrons. The van der Waals surface area contributed by atoms with Crippen LogP contribution in [0.15, 0.2) is 24.3 Å². The number of halogens is 1. The summed E-state index contributed by atoms with van der Waals surface area (Å²) in [5.41, 5.74) is 2.51. The van der Waals surface area contributed by atoms with Gasteiger partial charge in [-0.3, -0.25) is 4.79 Å². The summed E-state index contributed by atoms with van der Waals surface area (Å²) in [7, 11) is 0. The quantitative estimate of drug-likeness (QED) is 0.613. The largest absolute Gasteiger partial charge is 0.464 e. The molecule has 0 aliphatic carbocycles. The van der Waals surface area contributed by atoms with Crippen molar-refractivity contribution in [3.63, 3.8) is 0 Å². The second-order valence-electron chi connectivity index (χ2n) is 6.07. The molecule has 1 aromatic carbocycles. The second-order valence-corrected chi connectivity index (χ2v) is 6.34. The number of amides is 1. The number of likely N-dealkylation sites (tertiary alicyclic amines) is 1. The Labute approximate surface area is 142 Å². The zero-order valence-electron chi connectivity index (χ0n) is 13.8. The molecule has 0 N–H and O–H groups in total. The standard InChI is InChI=1S/C18H24ClNO3/c1-3-23-18(22)16-11-15(7-8-20(16)17(21)12-19)10-14-6-4-5-13(2)9-14/h4-6,9,15-16H,3,7-8,10-12H2,1-2H3. The molecule has 4 nitrogen and oxygen atoms in total. The van der Waals surface area contributed by atoms with E-state index in [2.05, 4.69) is 31.2 Å². The van der Waals surface area contributed by atoms with Crippen LogP contribution >= 0.6 is 11.6 Å². The van der Waals surface area contributed by atoms with Crippen LogP contribution < -0.4 is 0 Å². The minimum atomic E-state index is -0.509. The lowest BCUT2D eigenvalue weighted by Crippen LogP contribution is -2.51. The van der Waals surface area contributed by atoms with E-state index in [1.165, 1.54) is 11.1 Å². The zero-order valence-corrected chi connectivity index (χ0v) is 14.5. The first-order valence-electron chi connectivity index (χ1n) is 8.12. The number of nitrogens with zero attached hydrogens (tertiary/aromatic N) is 1. The summed E-state index contributed by atoms with van der Waals surface area (Å²) in [6.45, 7) is 4.73. The minimum absolute atomic E-state index is 0.0988. The highest BCUT2D eigenvalue weighted by Gasteiger charge is 2.36. The molecule has 0 saturated carbocycles. The molecule has 1 heterocycles. The molecule has 0 aromatic heterocycles. The van der Waals surface area contributed by atoms with Gasteiger partial charge in [-0.15, -0.1) is 11.6 Å². The first kappa shape index (κ1) is 17.8. The first-order valence-corrected chi connectivity index (χ1v) is 8.66. The van der Waals surface area contributed by atoms with Gasteiger partial charge >= 0.3 is 5.97 Å². The Hall–Kier alpha value is -1.55. The summed E-state index contributed by atoms with van der Waals surface area (Å²) in [6, 6.07) is 7.91. The second kappa shape index (κ2) is 8.34. The number of hydrogen-bond donors (Lipinski definition) is 0. The lowest BCUT2D eigenvalue weighted by atomic mass is 9.85. The molecule has 2 atom stereocenters. The number of hydrogen-bond acceptors (Lipinski definition) is 3. The Morgan fingerprint density at radius 3 is 2.83 bits per heavy atom. The van der Waals surface area contributed by atoms with E-state index in [1.807, 2.05) is 0 Å². The van der Waals surface area contributed by atoms with E-state index >= 15 is 0 Å². The van der Waals surface area contributed by atoms with Crippen LogP contribution in [0.2, 0.25) is 0 Å². The number of carbonyl (C=O) groups excluding carboxylic acids is 2. The maximum absolute atomic E-state index is 12.2. The van der Waals surface area contributed by atoms with Crippen molar-refractivity contribution < 1.29 is 14.3 Å². The molecule has 126 valence electrons. The Kier molecular flexibility index (Phi) is 6.46. The van der Waals surface area contributed by atoms with Crippen molar-refractivity contribution in [3.8, 4) is 0 Å². The number of rotatable bonds is 5. The highest BCUT2D eigenvalue weighted by molar-refractivity contribution is 6.27. The van der Waals surface area contributed by atoms with Crippen molar-refractivity contribution in [1.82, 2.24) is 4.90 Å². The molecule has 1 fully saturated rings. The molecule has 1 amide bonds. The molecule has 1 aromatic rings. The third-order valence-corrected chi connectivity index (χ3v) is 4.54. The van der Waals surface area contributed by atoms with Gasteiger partial charge < -0.3 is 9.64 Å². The molecule has 5 heteroatoms. The molecule has 0 bridgehead atoms. The fraction of sp³-hybridized carbons (Fsp3) is 0.556. The van der Waals surface area contributed by atoms with Gasteiger partial charge in [-0.2, -0.15) is 0 Å². The van der Waals surface area contributed by atoms with Crippen molar-refractivity contribution in [2.24, 2.45) is 5.92 Å². The van der Waals surface area contributed by atoms with Crippen LogP contribution in [-0.4, -0.2) is 41.8 Å². The molecule has 23 heavy (non-hydrogen) atoms. The number of carbonyl (C=O) groups is 2. The van der Waals surface area contributed by atoms with Gasteiger partial charge in [-0.1, -0.05) is 29.8 Å². The SMILES string of the molecule is CCOC(=O)C1CC(Cc2cccc(C)c2)CCN1C(=O)CCl. The normalized spacial score (nSPS) is 21.1. The third kappa shape index (κ3) is 4.71. The smallest absolute Gasteiger partial charge is 0.328 e. The number of esters is 1. The number of aryl methyl sites for hydroxylation is 1. The lowest BCUT2D eigenvalue weighted by molar-refractivity contribution is -0.156. The Balaban J connectivity index is 2.08. The number of alkyl halides is 1. The van der Waals surface area contributed by atoms with Gasteiger partial charge in [0.15, 0.2) is 0 Å². The topological polar surface area (TPSA) is 46.6 Å². The van der Waals surface area contributed by atoms with Crippen LogP contribution in [0.5, 0.6) is 0 Å². The highest BCUT2D eigenvalue weighted by Crippen LogP contribution is 2.27. The first-order chi connectivity index (χ1) is 11.0. The lowest BCUT2D eigenvalue weighted by Gasteiger charge is -2.37. The van der Waals surface area contributed by atoms with E-state index < -0.39 is 6.04 Å². The van der Waals surface area contributed by atoms with E-state index in [0.717, 1.165) is 12.8 Å². The van der Waals surface area contributed by atoms with E-state index in [-0.39, 0.29) is 17.8 Å². The molecule has 1 aliphatic rings. The molecular weight excluding hydrogens is 314 g/mol. The number of benzene rings is 1. The van der Waals surface area contributed by atoms with E-state index in [1.54, 1.807) is 11.8 Å². The van der Waals surface area contributed by atoms with Crippen molar-refractivity contribution in [3.05, 3.63) is 35.4 Å². The molecule has 2 unspecified atom stereocenters. The zero-order chi connectivity index (χ0) is 16.8. The summed E-state index contributed by atoms with van der Waals surface area (Å²) in [5, 5.41) is 0. The van der Waals surface area contributed by atoms with Gasteiger partial charge in [-0.25, -0.2) is 4.79 Å². The molecule has 2 rings (SSSR count). The Bertz CT molecular complexity index is 561. The van der Waals surface area contributed by atoms with Gasteiger partial charge in [-0.05, 0) is 44.6 Å². The maximum atomic E-state index is 12.2.